The molecule has 0 amide bonds. The molecule has 2 aromatic heterocycles. The van der Waals surface area contributed by atoms with Gasteiger partial charge < -0.3 is 29.6 Å². The Labute approximate surface area is 351 Å². The van der Waals surface area contributed by atoms with Crippen molar-refractivity contribution in [2.24, 2.45) is 50.7 Å². The number of hydrogen-bond acceptors (Lipinski definition) is 6. The van der Waals surface area contributed by atoms with Crippen LogP contribution < -0.4 is 0 Å². The van der Waals surface area contributed by atoms with Crippen molar-refractivity contribution in [2.75, 3.05) is 6.61 Å². The first-order valence-corrected chi connectivity index (χ1v) is 22.8. The number of aryl methyl sites for hydroxylation is 3. The molecule has 6 aliphatic rings. The molecule has 4 heterocycles. The number of carbonyl (C=O) groups excluding carboxylic acids is 2. The quantitative estimate of drug-likeness (QED) is 0.169. The average Bonchev–Trinajstić information content (AvgIpc) is 3.39. The van der Waals surface area contributed by atoms with Crippen LogP contribution in [0.1, 0.15) is 135 Å². The second-order valence-electron chi connectivity index (χ2n) is 22.7. The van der Waals surface area contributed by atoms with Crippen molar-refractivity contribution in [2.45, 2.75) is 164 Å². The number of allylic oxidation sites excluding steroid dienone is 1. The molecule has 4 aliphatic carbocycles. The van der Waals surface area contributed by atoms with Gasteiger partial charge in [0.25, 0.3) is 0 Å². The Kier molecular flexibility index (Phi) is 9.44. The molecule has 9 rings (SSSR count). The van der Waals surface area contributed by atoms with Gasteiger partial charge in [0.1, 0.15) is 11.9 Å². The van der Waals surface area contributed by atoms with Gasteiger partial charge in [-0.05, 0) is 129 Å². The van der Waals surface area contributed by atoms with Crippen LogP contribution in [0, 0.1) is 64.6 Å². The molecule has 1 aromatic carbocycles. The van der Waals surface area contributed by atoms with Gasteiger partial charge in [0.15, 0.2) is 5.78 Å². The molecule has 2 aliphatic heterocycles. The molecule has 0 bridgehead atoms. The molecule has 8 nitrogen and oxygen atoms in total. The van der Waals surface area contributed by atoms with Gasteiger partial charge in [0.2, 0.25) is 0 Å². The standard InChI is InChI=1S/C51H70N2O6/c1-28-18-29(2)20-30(19-28)21-33-26-53-27-34-38-39(48(7,23-36(56)45-47(5,6)59-45)15-13-32-25-52-40(33)41(32)53)35(55)24-51(38,10)50(9)16-14-37-46(3,4)44(58)31(12-11-17-54)22-49(37,8)43(50)42(34)57/h18-20,25-26,31,34,36-37,42-43,45,52,54,56-57H,11-17,21-24,27H2,1-10H3/t31-,34+,36+,37-,42+,43+,45+,48-,49+,50-,51-/m0/s1. The number of aromatic amines is 1. The minimum atomic E-state index is -0.763. The zero-order chi connectivity index (χ0) is 42.4. The topological polar surface area (TPSA) is 128 Å². The zero-order valence-electron chi connectivity index (χ0n) is 37.4. The molecule has 1 saturated heterocycles. The van der Waals surface area contributed by atoms with Crippen LogP contribution in [-0.4, -0.2) is 67.0 Å². The fraction of sp³-hybridized carbons (Fsp3) is 0.686. The summed E-state index contributed by atoms with van der Waals surface area (Å²) in [5.41, 5.74) is 7.55. The molecule has 320 valence electrons. The van der Waals surface area contributed by atoms with Crippen LogP contribution in [0.4, 0.5) is 0 Å². The highest BCUT2D eigenvalue weighted by Gasteiger charge is 2.73. The van der Waals surface area contributed by atoms with E-state index in [0.29, 0.717) is 50.9 Å². The molecular weight excluding hydrogens is 737 g/mol. The zero-order valence-corrected chi connectivity index (χ0v) is 37.4. The van der Waals surface area contributed by atoms with Crippen LogP contribution in [0.5, 0.6) is 0 Å². The van der Waals surface area contributed by atoms with E-state index in [-0.39, 0.29) is 47.6 Å². The van der Waals surface area contributed by atoms with Gasteiger partial charge >= 0.3 is 0 Å². The summed E-state index contributed by atoms with van der Waals surface area (Å²) in [5, 5.41) is 35.4. The first-order chi connectivity index (χ1) is 27.6. The first-order valence-electron chi connectivity index (χ1n) is 22.8. The van der Waals surface area contributed by atoms with E-state index in [1.165, 1.54) is 33.3 Å². The lowest BCUT2D eigenvalue weighted by molar-refractivity contribution is -0.226. The van der Waals surface area contributed by atoms with Crippen molar-refractivity contribution in [1.29, 1.82) is 0 Å². The molecule has 3 aromatic rings. The Balaban J connectivity index is 1.24. The van der Waals surface area contributed by atoms with Gasteiger partial charge in [-0.15, -0.1) is 0 Å². The van der Waals surface area contributed by atoms with E-state index >= 15 is 4.79 Å². The largest absolute Gasteiger partial charge is 0.396 e. The summed E-state index contributed by atoms with van der Waals surface area (Å²) in [6.07, 6.45) is 9.35. The summed E-state index contributed by atoms with van der Waals surface area (Å²) in [4.78, 5) is 33.2. The average molecular weight is 807 g/mol. The third-order valence-electron chi connectivity index (χ3n) is 18.0. The summed E-state index contributed by atoms with van der Waals surface area (Å²) < 4.78 is 8.42. The van der Waals surface area contributed by atoms with E-state index in [1.54, 1.807) is 0 Å². The lowest BCUT2D eigenvalue weighted by atomic mass is 9.34. The van der Waals surface area contributed by atoms with Crippen molar-refractivity contribution in [3.05, 3.63) is 69.6 Å². The van der Waals surface area contributed by atoms with E-state index in [2.05, 4.69) is 95.5 Å². The van der Waals surface area contributed by atoms with Crippen molar-refractivity contribution >= 4 is 22.6 Å². The van der Waals surface area contributed by atoms with Crippen LogP contribution in [-0.2, 0) is 33.7 Å². The normalized spacial score (nSPS) is 38.9. The third-order valence-corrected chi connectivity index (χ3v) is 18.0. The molecule has 11 atom stereocenters. The number of aliphatic hydroxyl groups excluding tert-OH is 3. The third kappa shape index (κ3) is 5.95. The number of carbonyl (C=O) groups is 2. The van der Waals surface area contributed by atoms with Crippen LogP contribution in [0.15, 0.2) is 41.7 Å². The lowest BCUT2D eigenvalue weighted by Gasteiger charge is -2.70. The number of nitrogens with zero attached hydrogens (tertiary/aromatic N) is 1. The van der Waals surface area contributed by atoms with Gasteiger partial charge in [0.05, 0.1) is 28.8 Å². The number of hydrogen-bond donors (Lipinski definition) is 4. The second-order valence-corrected chi connectivity index (χ2v) is 22.7. The van der Waals surface area contributed by atoms with Gasteiger partial charge in [-0.2, -0.15) is 0 Å². The minimum Gasteiger partial charge on any atom is -0.396 e. The number of aliphatic hydroxyl groups is 3. The fourth-order valence-corrected chi connectivity index (χ4v) is 15.5. The minimum absolute atomic E-state index is 0.0586. The molecular formula is C51H70N2O6. The maximum absolute atomic E-state index is 15.2. The number of Topliss-reactive ketones (excluding diaryl/α,β-unsaturated/α-hetero) is 2. The van der Waals surface area contributed by atoms with Gasteiger partial charge in [0, 0.05) is 66.6 Å². The van der Waals surface area contributed by atoms with Gasteiger partial charge in [-0.3, -0.25) is 9.59 Å². The highest BCUT2D eigenvalue weighted by atomic mass is 16.6. The maximum Gasteiger partial charge on any atom is 0.160 e. The summed E-state index contributed by atoms with van der Waals surface area (Å²) in [7, 11) is 0. The fourth-order valence-electron chi connectivity index (χ4n) is 15.5. The number of aromatic nitrogens is 2. The summed E-state index contributed by atoms with van der Waals surface area (Å²) in [5.74, 6) is -0.123. The molecule has 0 radical (unpaired) electrons. The molecule has 4 N–H and O–H groups in total. The predicted molar refractivity (Wildman–Crippen MR) is 231 cm³/mol. The van der Waals surface area contributed by atoms with E-state index in [9.17, 15) is 20.1 Å². The number of H-pyrrole nitrogens is 1. The smallest absolute Gasteiger partial charge is 0.160 e. The second kappa shape index (κ2) is 13.5. The molecule has 0 unspecified atom stereocenters. The van der Waals surface area contributed by atoms with Gasteiger partial charge in [-0.25, -0.2) is 0 Å². The number of rotatable bonds is 8. The summed E-state index contributed by atoms with van der Waals surface area (Å²) in [6, 6.07) is 6.77. The number of benzene rings is 1. The molecule has 3 saturated carbocycles. The first kappa shape index (κ1) is 41.3. The van der Waals surface area contributed by atoms with Crippen molar-refractivity contribution in [3.8, 4) is 0 Å². The Hall–Kier alpha value is -3.04. The number of fused-ring (bicyclic) bond motifs is 4. The van der Waals surface area contributed by atoms with Crippen molar-refractivity contribution in [1.82, 2.24) is 9.55 Å². The molecule has 0 spiro atoms. The predicted octanol–water partition coefficient (Wildman–Crippen LogP) is 8.75. The van der Waals surface area contributed by atoms with E-state index in [1.807, 2.05) is 13.8 Å². The van der Waals surface area contributed by atoms with E-state index < -0.39 is 39.5 Å². The van der Waals surface area contributed by atoms with Crippen molar-refractivity contribution in [3.63, 3.8) is 0 Å². The number of nitrogens with one attached hydrogen (secondary N) is 1. The van der Waals surface area contributed by atoms with Crippen molar-refractivity contribution < 1.29 is 29.6 Å². The van der Waals surface area contributed by atoms with E-state index in [4.69, 9.17) is 4.74 Å². The maximum atomic E-state index is 15.2. The van der Waals surface area contributed by atoms with Crippen LogP contribution in [0.3, 0.4) is 0 Å². The Morgan fingerprint density at radius 2 is 1.69 bits per heavy atom. The highest BCUT2D eigenvalue weighted by Crippen LogP contribution is 2.76. The Morgan fingerprint density at radius 3 is 2.36 bits per heavy atom. The Morgan fingerprint density at radius 1 is 1.00 bits per heavy atom. The lowest BCUT2D eigenvalue weighted by Crippen LogP contribution is -2.68. The highest BCUT2D eigenvalue weighted by molar-refractivity contribution is 6.02. The molecule has 4 fully saturated rings. The SMILES string of the molecule is Cc1cc(C)cc(Cc2cn3c4c(c[nH]c24)CC[C@@](C)(C[C@@H](O)[C@H]2OC2(C)C)C2=C4[C@@H](C3)[C@@H](O)[C@@H]3[C@]5(C)C[C@H](CCCO)C(=O)C(C)(C)[C@@H]5CC[C@]3(C)[C@@]4(C)CC2=O)c1. The Bertz CT molecular complexity index is 2240. The van der Waals surface area contributed by atoms with E-state index in [0.717, 1.165) is 42.3 Å². The number of ketones is 2. The van der Waals surface area contributed by atoms with Gasteiger partial charge in [-0.1, -0.05) is 70.9 Å². The van der Waals surface area contributed by atoms with Crippen LogP contribution in [0.2, 0.25) is 0 Å². The van der Waals surface area contributed by atoms with Crippen LogP contribution >= 0.6 is 0 Å². The number of epoxide rings is 1. The summed E-state index contributed by atoms with van der Waals surface area (Å²) >= 11 is 0. The molecule has 8 heteroatoms. The summed E-state index contributed by atoms with van der Waals surface area (Å²) in [6.45, 7) is 22.5. The number of ether oxygens (including phenoxy) is 1. The monoisotopic (exact) mass is 807 g/mol. The van der Waals surface area contributed by atoms with Crippen LogP contribution in [0.25, 0.3) is 11.0 Å². The molecule has 59 heavy (non-hydrogen) atoms.